The van der Waals surface area contributed by atoms with E-state index in [9.17, 15) is 14.4 Å². The third-order valence-corrected chi connectivity index (χ3v) is 5.20. The Labute approximate surface area is 177 Å². The molecule has 0 aliphatic heterocycles. The zero-order chi connectivity index (χ0) is 21.6. The lowest BCUT2D eigenvalue weighted by atomic mass is 10.2. The van der Waals surface area contributed by atoms with E-state index in [0.717, 1.165) is 4.88 Å². The molecule has 0 aliphatic carbocycles. The summed E-state index contributed by atoms with van der Waals surface area (Å²) in [6.45, 7) is 5.45. The van der Waals surface area contributed by atoms with Crippen molar-refractivity contribution in [3.8, 4) is 11.5 Å². The second-order valence-corrected chi connectivity index (χ2v) is 7.59. The fraction of sp³-hybridized carbons (Fsp3) is 0.350. The number of nitrogens with one attached hydrogen (secondary N) is 1. The van der Waals surface area contributed by atoms with Crippen molar-refractivity contribution in [3.05, 3.63) is 44.6 Å². The Morgan fingerprint density at radius 3 is 2.59 bits per heavy atom. The number of benzene rings is 1. The molecule has 1 amide bonds. The third kappa shape index (κ3) is 5.95. The minimum absolute atomic E-state index is 0.146. The number of rotatable bonds is 9. The lowest BCUT2D eigenvalue weighted by Crippen LogP contribution is -2.24. The Kier molecular flexibility index (Phi) is 8.04. The number of Topliss-reactive ketones (excluding diaryl/α,β-unsaturated/α-hetero) is 1. The summed E-state index contributed by atoms with van der Waals surface area (Å²) in [5, 5.41) is 2.87. The standard InChI is InChI=1S/C20H22ClNO6S/c1-5-27-19-15(21)8-13(9-16(19)26-4)20(25)28-11(2)18(24)17-7-6-14(29-17)10-22-12(3)23/h6-9,11H,5,10H2,1-4H3,(H,22,23). The Balaban J connectivity index is 2.09. The van der Waals surface area contributed by atoms with Crippen molar-refractivity contribution in [1.29, 1.82) is 0 Å². The number of thiophene rings is 1. The molecule has 2 aromatic rings. The summed E-state index contributed by atoms with van der Waals surface area (Å²) in [6, 6.07) is 6.25. The lowest BCUT2D eigenvalue weighted by molar-refractivity contribution is -0.119. The van der Waals surface area contributed by atoms with Crippen LogP contribution in [0.4, 0.5) is 0 Å². The van der Waals surface area contributed by atoms with Crippen molar-refractivity contribution < 1.29 is 28.6 Å². The predicted octanol–water partition coefficient (Wildman–Crippen LogP) is 3.87. The van der Waals surface area contributed by atoms with E-state index in [1.165, 1.54) is 44.4 Å². The number of halogens is 1. The molecule has 0 spiro atoms. The highest BCUT2D eigenvalue weighted by Crippen LogP contribution is 2.36. The zero-order valence-electron chi connectivity index (χ0n) is 16.5. The number of methoxy groups -OCH3 is 1. The zero-order valence-corrected chi connectivity index (χ0v) is 18.1. The van der Waals surface area contributed by atoms with E-state index in [-0.39, 0.29) is 22.3 Å². The minimum Gasteiger partial charge on any atom is -0.493 e. The number of ketones is 1. The maximum atomic E-state index is 12.6. The predicted molar refractivity (Wildman–Crippen MR) is 110 cm³/mol. The van der Waals surface area contributed by atoms with Crippen molar-refractivity contribution in [1.82, 2.24) is 5.32 Å². The SMILES string of the molecule is CCOc1c(Cl)cc(C(=O)OC(C)C(=O)c2ccc(CNC(C)=O)s2)cc1OC. The lowest BCUT2D eigenvalue weighted by Gasteiger charge is -2.15. The van der Waals surface area contributed by atoms with E-state index in [1.807, 2.05) is 0 Å². The molecule has 0 saturated carbocycles. The molecule has 0 bridgehead atoms. The molecular weight excluding hydrogens is 418 g/mol. The highest BCUT2D eigenvalue weighted by molar-refractivity contribution is 7.14. The summed E-state index contributed by atoms with van der Waals surface area (Å²) >= 11 is 7.41. The topological polar surface area (TPSA) is 90.9 Å². The van der Waals surface area contributed by atoms with Gasteiger partial charge in [-0.3, -0.25) is 9.59 Å². The molecule has 0 fully saturated rings. The maximum absolute atomic E-state index is 12.6. The summed E-state index contributed by atoms with van der Waals surface area (Å²) in [7, 11) is 1.44. The van der Waals surface area contributed by atoms with Gasteiger partial charge in [0.25, 0.3) is 0 Å². The quantitative estimate of drug-likeness (QED) is 0.471. The molecule has 1 aromatic heterocycles. The van der Waals surface area contributed by atoms with Crippen LogP contribution in [0.25, 0.3) is 0 Å². The van der Waals surface area contributed by atoms with Crippen molar-refractivity contribution in [2.45, 2.75) is 33.4 Å². The Morgan fingerprint density at radius 2 is 1.97 bits per heavy atom. The maximum Gasteiger partial charge on any atom is 0.339 e. The number of carbonyl (C=O) groups excluding carboxylic acids is 3. The van der Waals surface area contributed by atoms with Crippen LogP contribution in [0.15, 0.2) is 24.3 Å². The molecule has 9 heteroatoms. The van der Waals surface area contributed by atoms with Crippen LogP contribution >= 0.6 is 22.9 Å². The van der Waals surface area contributed by atoms with Crippen molar-refractivity contribution >= 4 is 40.6 Å². The average molecular weight is 440 g/mol. The van der Waals surface area contributed by atoms with Crippen molar-refractivity contribution in [3.63, 3.8) is 0 Å². The van der Waals surface area contributed by atoms with Gasteiger partial charge in [0, 0.05) is 11.8 Å². The number of esters is 1. The number of amides is 1. The summed E-state index contributed by atoms with van der Waals surface area (Å²) in [4.78, 5) is 37.3. The van der Waals surface area contributed by atoms with Crippen LogP contribution in [-0.4, -0.2) is 37.5 Å². The Hall–Kier alpha value is -2.58. The monoisotopic (exact) mass is 439 g/mol. The van der Waals surface area contributed by atoms with Gasteiger partial charge in [-0.1, -0.05) is 11.6 Å². The molecule has 0 radical (unpaired) electrons. The molecule has 29 heavy (non-hydrogen) atoms. The molecule has 1 unspecified atom stereocenters. The van der Waals surface area contributed by atoms with Gasteiger partial charge in [0.2, 0.25) is 11.7 Å². The van der Waals surface area contributed by atoms with Crippen LogP contribution in [0.3, 0.4) is 0 Å². The van der Waals surface area contributed by atoms with Crippen LogP contribution in [0, 0.1) is 0 Å². The first-order chi connectivity index (χ1) is 13.8. The first kappa shape index (κ1) is 22.7. The largest absolute Gasteiger partial charge is 0.493 e. The average Bonchev–Trinajstić information content (AvgIpc) is 3.16. The number of hydrogen-bond acceptors (Lipinski definition) is 7. The van der Waals surface area contributed by atoms with Crippen LogP contribution in [-0.2, 0) is 16.1 Å². The summed E-state index contributed by atoms with van der Waals surface area (Å²) < 4.78 is 15.9. The van der Waals surface area contributed by atoms with E-state index in [2.05, 4.69) is 5.32 Å². The van der Waals surface area contributed by atoms with Gasteiger partial charge in [0.1, 0.15) is 0 Å². The molecule has 156 valence electrons. The van der Waals surface area contributed by atoms with Crippen molar-refractivity contribution in [2.24, 2.45) is 0 Å². The molecule has 0 saturated heterocycles. The van der Waals surface area contributed by atoms with Gasteiger partial charge in [0.15, 0.2) is 17.6 Å². The number of carbonyl (C=O) groups is 3. The van der Waals surface area contributed by atoms with E-state index < -0.39 is 12.1 Å². The molecule has 1 heterocycles. The highest BCUT2D eigenvalue weighted by atomic mass is 35.5. The van der Waals surface area contributed by atoms with E-state index >= 15 is 0 Å². The fourth-order valence-electron chi connectivity index (χ4n) is 2.42. The number of ether oxygens (including phenoxy) is 3. The molecule has 1 atom stereocenters. The summed E-state index contributed by atoms with van der Waals surface area (Å²) in [5.41, 5.74) is 0.146. The van der Waals surface area contributed by atoms with E-state index in [1.54, 1.807) is 19.1 Å². The summed E-state index contributed by atoms with van der Waals surface area (Å²) in [6.07, 6.45) is -0.994. The van der Waals surface area contributed by atoms with Crippen LogP contribution in [0.2, 0.25) is 5.02 Å². The molecular formula is C20H22ClNO6S. The first-order valence-corrected chi connectivity index (χ1v) is 10.0. The highest BCUT2D eigenvalue weighted by Gasteiger charge is 2.23. The second-order valence-electron chi connectivity index (χ2n) is 6.01. The molecule has 1 aromatic carbocycles. The van der Waals surface area contributed by atoms with Crippen LogP contribution in [0.1, 0.15) is 45.7 Å². The van der Waals surface area contributed by atoms with Gasteiger partial charge < -0.3 is 19.5 Å². The second kappa shape index (κ2) is 10.3. The van der Waals surface area contributed by atoms with Gasteiger partial charge in [-0.05, 0) is 38.1 Å². The number of hydrogen-bond donors (Lipinski definition) is 1. The van der Waals surface area contributed by atoms with Gasteiger partial charge in [-0.25, -0.2) is 4.79 Å². The Bertz CT molecular complexity index is 910. The molecule has 0 aliphatic rings. The van der Waals surface area contributed by atoms with Gasteiger partial charge in [0.05, 0.1) is 35.7 Å². The third-order valence-electron chi connectivity index (χ3n) is 3.82. The summed E-state index contributed by atoms with van der Waals surface area (Å²) in [5.74, 6) is -0.558. The van der Waals surface area contributed by atoms with Crippen LogP contribution < -0.4 is 14.8 Å². The minimum atomic E-state index is -0.994. The first-order valence-electron chi connectivity index (χ1n) is 8.85. The smallest absolute Gasteiger partial charge is 0.339 e. The van der Waals surface area contributed by atoms with Gasteiger partial charge >= 0.3 is 5.97 Å². The van der Waals surface area contributed by atoms with E-state index in [0.29, 0.717) is 29.5 Å². The molecule has 7 nitrogen and oxygen atoms in total. The molecule has 2 rings (SSSR count). The molecule has 1 N–H and O–H groups in total. The van der Waals surface area contributed by atoms with Gasteiger partial charge in [-0.15, -0.1) is 11.3 Å². The fourth-order valence-corrected chi connectivity index (χ4v) is 3.65. The Morgan fingerprint density at radius 1 is 1.24 bits per heavy atom. The van der Waals surface area contributed by atoms with E-state index in [4.69, 9.17) is 25.8 Å². The normalized spacial score (nSPS) is 11.5. The van der Waals surface area contributed by atoms with Crippen molar-refractivity contribution in [2.75, 3.05) is 13.7 Å². The van der Waals surface area contributed by atoms with Crippen LogP contribution in [0.5, 0.6) is 11.5 Å². The van der Waals surface area contributed by atoms with Gasteiger partial charge in [-0.2, -0.15) is 0 Å².